The zero-order valence-corrected chi connectivity index (χ0v) is 10.8. The first kappa shape index (κ1) is 12.4. The summed E-state index contributed by atoms with van der Waals surface area (Å²) in [5.41, 5.74) is 2.28. The molecule has 0 aliphatic rings. The van der Waals surface area contributed by atoms with Crippen molar-refractivity contribution in [2.45, 2.75) is 13.8 Å². The van der Waals surface area contributed by atoms with Crippen LogP contribution in [0.1, 0.15) is 13.8 Å². The second-order valence-corrected chi connectivity index (χ2v) is 4.86. The van der Waals surface area contributed by atoms with Crippen molar-refractivity contribution in [2.75, 3.05) is 19.0 Å². The number of aromatic nitrogens is 2. The fraction of sp³-hybridized carbons (Fsp3) is 0.385. The summed E-state index contributed by atoms with van der Waals surface area (Å²) in [7, 11) is 1.40. The lowest BCUT2D eigenvalue weighted by molar-refractivity contribution is -0.149. The lowest BCUT2D eigenvalue weighted by Gasteiger charge is -2.22. The number of fused-ring (bicyclic) bond motifs is 1. The van der Waals surface area contributed by atoms with Crippen LogP contribution in [-0.2, 0) is 9.53 Å². The number of imidazole rings is 1. The molecule has 0 saturated heterocycles. The Bertz CT molecular complexity index is 560. The summed E-state index contributed by atoms with van der Waals surface area (Å²) in [6.07, 6.45) is 1.66. The number of anilines is 1. The van der Waals surface area contributed by atoms with Gasteiger partial charge in [0.15, 0.2) is 0 Å². The zero-order valence-electron chi connectivity index (χ0n) is 10.8. The number of rotatable bonds is 4. The Hall–Kier alpha value is -2.04. The van der Waals surface area contributed by atoms with Gasteiger partial charge >= 0.3 is 5.97 Å². The maximum absolute atomic E-state index is 11.5. The molecule has 5 nitrogen and oxygen atoms in total. The fourth-order valence-corrected chi connectivity index (χ4v) is 1.72. The molecule has 0 bridgehead atoms. The second kappa shape index (κ2) is 4.68. The number of hydrogen-bond donors (Lipinski definition) is 2. The Morgan fingerprint density at radius 3 is 3.00 bits per heavy atom. The molecular formula is C13H17N3O2. The minimum Gasteiger partial charge on any atom is -0.469 e. The number of nitrogens with one attached hydrogen (secondary N) is 2. The molecule has 0 aliphatic heterocycles. The Kier molecular flexibility index (Phi) is 3.23. The summed E-state index contributed by atoms with van der Waals surface area (Å²) in [4.78, 5) is 18.7. The monoisotopic (exact) mass is 247 g/mol. The van der Waals surface area contributed by atoms with E-state index in [1.165, 1.54) is 7.11 Å². The number of H-pyrrole nitrogens is 1. The van der Waals surface area contributed by atoms with Crippen molar-refractivity contribution < 1.29 is 9.53 Å². The highest BCUT2D eigenvalue weighted by Gasteiger charge is 2.28. The van der Waals surface area contributed by atoms with Crippen LogP contribution in [0.15, 0.2) is 24.5 Å². The summed E-state index contributed by atoms with van der Waals surface area (Å²) in [6, 6.07) is 5.84. The van der Waals surface area contributed by atoms with E-state index in [0.29, 0.717) is 6.54 Å². The molecule has 0 amide bonds. The average Bonchev–Trinajstić information content (AvgIpc) is 2.82. The lowest BCUT2D eigenvalue weighted by Crippen LogP contribution is -2.33. The van der Waals surface area contributed by atoms with Gasteiger partial charge in [0.2, 0.25) is 0 Å². The van der Waals surface area contributed by atoms with Gasteiger partial charge in [0.25, 0.3) is 0 Å². The minimum absolute atomic E-state index is 0.224. The molecule has 5 heteroatoms. The van der Waals surface area contributed by atoms with Crippen LogP contribution in [0.3, 0.4) is 0 Å². The van der Waals surface area contributed by atoms with Crippen LogP contribution in [0, 0.1) is 5.41 Å². The standard InChI is InChI=1S/C13H17N3O2/c1-13(2,12(17)18-3)7-14-9-4-5-10-11(6-9)16-8-15-10/h4-6,8,14H,7H2,1-3H3,(H,15,16). The number of nitrogens with zero attached hydrogens (tertiary/aromatic N) is 1. The van der Waals surface area contributed by atoms with E-state index < -0.39 is 5.41 Å². The maximum atomic E-state index is 11.5. The van der Waals surface area contributed by atoms with Crippen molar-refractivity contribution >= 4 is 22.7 Å². The Morgan fingerprint density at radius 2 is 2.28 bits per heavy atom. The summed E-state index contributed by atoms with van der Waals surface area (Å²) >= 11 is 0. The van der Waals surface area contributed by atoms with Crippen molar-refractivity contribution in [3.8, 4) is 0 Å². The van der Waals surface area contributed by atoms with E-state index in [1.54, 1.807) is 6.33 Å². The van der Waals surface area contributed by atoms with E-state index >= 15 is 0 Å². The minimum atomic E-state index is -0.558. The molecule has 0 unspecified atom stereocenters. The highest BCUT2D eigenvalue weighted by molar-refractivity contribution is 5.79. The van der Waals surface area contributed by atoms with Gasteiger partial charge in [0, 0.05) is 12.2 Å². The van der Waals surface area contributed by atoms with Gasteiger partial charge in [-0.1, -0.05) is 0 Å². The smallest absolute Gasteiger partial charge is 0.313 e. The van der Waals surface area contributed by atoms with Gasteiger partial charge in [-0.2, -0.15) is 0 Å². The largest absolute Gasteiger partial charge is 0.469 e. The fourth-order valence-electron chi connectivity index (χ4n) is 1.72. The predicted molar refractivity (Wildman–Crippen MR) is 70.4 cm³/mol. The van der Waals surface area contributed by atoms with Gasteiger partial charge in [0.1, 0.15) is 0 Å². The van der Waals surface area contributed by atoms with Gasteiger partial charge in [-0.15, -0.1) is 0 Å². The van der Waals surface area contributed by atoms with Crippen molar-refractivity contribution in [1.29, 1.82) is 0 Å². The molecule has 1 aromatic heterocycles. The highest BCUT2D eigenvalue weighted by atomic mass is 16.5. The van der Waals surface area contributed by atoms with E-state index in [9.17, 15) is 4.79 Å². The third kappa shape index (κ3) is 2.45. The van der Waals surface area contributed by atoms with Crippen molar-refractivity contribution in [3.05, 3.63) is 24.5 Å². The lowest BCUT2D eigenvalue weighted by atomic mass is 9.93. The average molecular weight is 247 g/mol. The molecule has 0 spiro atoms. The number of carbonyl (C=O) groups is 1. The Balaban J connectivity index is 2.07. The molecule has 2 N–H and O–H groups in total. The summed E-state index contributed by atoms with van der Waals surface area (Å²) < 4.78 is 4.77. The number of carbonyl (C=O) groups excluding carboxylic acids is 1. The molecule has 96 valence electrons. The van der Waals surface area contributed by atoms with Gasteiger partial charge in [-0.25, -0.2) is 4.98 Å². The molecule has 0 radical (unpaired) electrons. The molecule has 0 aliphatic carbocycles. The van der Waals surface area contributed by atoms with Gasteiger partial charge in [-0.05, 0) is 32.0 Å². The first-order chi connectivity index (χ1) is 8.53. The first-order valence-corrected chi connectivity index (χ1v) is 5.78. The van der Waals surface area contributed by atoms with Crippen LogP contribution in [0.2, 0.25) is 0 Å². The Morgan fingerprint density at radius 1 is 1.50 bits per heavy atom. The number of ether oxygens (including phenoxy) is 1. The molecule has 18 heavy (non-hydrogen) atoms. The van der Waals surface area contributed by atoms with E-state index in [-0.39, 0.29) is 5.97 Å². The molecule has 0 atom stereocenters. The normalized spacial score (nSPS) is 11.5. The number of esters is 1. The van der Waals surface area contributed by atoms with Crippen LogP contribution >= 0.6 is 0 Å². The number of aromatic amines is 1. The molecule has 0 saturated carbocycles. The summed E-state index contributed by atoms with van der Waals surface area (Å²) in [5, 5.41) is 3.23. The second-order valence-electron chi connectivity index (χ2n) is 4.86. The van der Waals surface area contributed by atoms with E-state index in [1.807, 2.05) is 32.0 Å². The van der Waals surface area contributed by atoms with Crippen LogP contribution in [-0.4, -0.2) is 29.6 Å². The molecule has 0 fully saturated rings. The maximum Gasteiger partial charge on any atom is 0.313 e. The summed E-state index contributed by atoms with van der Waals surface area (Å²) in [6.45, 7) is 4.21. The SMILES string of the molecule is COC(=O)C(C)(C)CNc1ccc2nc[nH]c2c1. The molecular weight excluding hydrogens is 230 g/mol. The van der Waals surface area contributed by atoms with Crippen molar-refractivity contribution in [2.24, 2.45) is 5.41 Å². The topological polar surface area (TPSA) is 67.0 Å². The highest BCUT2D eigenvalue weighted by Crippen LogP contribution is 2.20. The van der Waals surface area contributed by atoms with E-state index in [4.69, 9.17) is 4.74 Å². The van der Waals surface area contributed by atoms with Crippen molar-refractivity contribution in [1.82, 2.24) is 9.97 Å². The van der Waals surface area contributed by atoms with Gasteiger partial charge in [-0.3, -0.25) is 4.79 Å². The first-order valence-electron chi connectivity index (χ1n) is 5.78. The van der Waals surface area contributed by atoms with Crippen LogP contribution in [0.5, 0.6) is 0 Å². The molecule has 1 heterocycles. The van der Waals surface area contributed by atoms with Crippen molar-refractivity contribution in [3.63, 3.8) is 0 Å². The van der Waals surface area contributed by atoms with Crippen LogP contribution in [0.4, 0.5) is 5.69 Å². The number of hydrogen-bond acceptors (Lipinski definition) is 4. The zero-order chi connectivity index (χ0) is 13.2. The Labute approximate surface area is 106 Å². The number of methoxy groups -OCH3 is 1. The third-order valence-electron chi connectivity index (χ3n) is 2.89. The molecule has 2 aromatic rings. The predicted octanol–water partition coefficient (Wildman–Crippen LogP) is 2.17. The van der Waals surface area contributed by atoms with E-state index in [2.05, 4.69) is 15.3 Å². The quantitative estimate of drug-likeness (QED) is 0.813. The third-order valence-corrected chi connectivity index (χ3v) is 2.89. The van der Waals surface area contributed by atoms with Crippen LogP contribution < -0.4 is 5.32 Å². The van der Waals surface area contributed by atoms with Crippen LogP contribution in [0.25, 0.3) is 11.0 Å². The van der Waals surface area contributed by atoms with Gasteiger partial charge < -0.3 is 15.0 Å². The molecule has 1 aromatic carbocycles. The summed E-state index contributed by atoms with van der Waals surface area (Å²) in [5.74, 6) is -0.224. The van der Waals surface area contributed by atoms with E-state index in [0.717, 1.165) is 16.7 Å². The number of benzene rings is 1. The molecule has 2 rings (SSSR count). The van der Waals surface area contributed by atoms with Gasteiger partial charge in [0.05, 0.1) is 29.9 Å².